The second kappa shape index (κ2) is 3.46. The Hall–Kier alpha value is -1.54. The molecule has 65 valence electrons. The summed E-state index contributed by atoms with van der Waals surface area (Å²) in [6.07, 6.45) is 3.87. The number of benzene rings is 1. The van der Waals surface area contributed by atoms with Gasteiger partial charge in [-0.3, -0.25) is 0 Å². The van der Waals surface area contributed by atoms with Gasteiger partial charge in [0.2, 0.25) is 0 Å². The van der Waals surface area contributed by atoms with Crippen LogP contribution in [0.1, 0.15) is 5.56 Å². The van der Waals surface area contributed by atoms with Crippen LogP contribution in [0.3, 0.4) is 0 Å². The molecule has 0 aliphatic carbocycles. The van der Waals surface area contributed by atoms with Crippen molar-refractivity contribution in [2.45, 2.75) is 6.54 Å². The van der Waals surface area contributed by atoms with E-state index in [0.29, 0.717) is 6.54 Å². The first-order valence-electron chi connectivity index (χ1n) is 4.23. The van der Waals surface area contributed by atoms with Crippen LogP contribution in [-0.2, 0) is 6.54 Å². The number of aromatic nitrogens is 1. The Balaban J connectivity index is 2.33. The van der Waals surface area contributed by atoms with Gasteiger partial charge in [0.1, 0.15) is 0 Å². The number of hydrogen-bond acceptors (Lipinski definition) is 1. The van der Waals surface area contributed by atoms with Crippen LogP contribution in [0.15, 0.2) is 42.7 Å². The van der Waals surface area contributed by atoms with Gasteiger partial charge in [0, 0.05) is 30.7 Å². The predicted octanol–water partition coefficient (Wildman–Crippen LogP) is 1.74. The van der Waals surface area contributed by atoms with Crippen molar-refractivity contribution < 1.29 is 0 Å². The molecule has 0 unspecified atom stereocenters. The largest absolute Gasteiger partial charge is 0.326 e. The van der Waals surface area contributed by atoms with E-state index in [2.05, 4.69) is 18.2 Å². The van der Waals surface area contributed by atoms with Crippen molar-refractivity contribution in [3.63, 3.8) is 0 Å². The van der Waals surface area contributed by atoms with Gasteiger partial charge in [-0.1, -0.05) is 12.1 Å². The molecule has 2 rings (SSSR count). The first-order chi connectivity index (χ1) is 6.40. The first-order valence-corrected chi connectivity index (χ1v) is 4.23. The summed E-state index contributed by atoms with van der Waals surface area (Å²) in [5, 5.41) is 0. The van der Waals surface area contributed by atoms with Crippen LogP contribution in [0.5, 0.6) is 0 Å². The van der Waals surface area contributed by atoms with E-state index in [9.17, 15) is 0 Å². The Labute approximate surface area is 77.6 Å². The molecule has 0 atom stereocenters. The molecule has 0 aliphatic rings. The summed E-state index contributed by atoms with van der Waals surface area (Å²) in [5.41, 5.74) is 7.80. The summed E-state index contributed by atoms with van der Waals surface area (Å²) in [5.74, 6) is 0. The molecular formula is C11H11N2. The van der Waals surface area contributed by atoms with Gasteiger partial charge in [0.05, 0.1) is 0 Å². The molecule has 2 heteroatoms. The highest BCUT2D eigenvalue weighted by atomic mass is 14.9. The van der Waals surface area contributed by atoms with Gasteiger partial charge in [-0.25, -0.2) is 0 Å². The van der Waals surface area contributed by atoms with Crippen molar-refractivity contribution in [2.75, 3.05) is 0 Å². The Morgan fingerprint density at radius 2 is 2.00 bits per heavy atom. The van der Waals surface area contributed by atoms with Crippen molar-refractivity contribution in [3.05, 3.63) is 54.4 Å². The average molecular weight is 171 g/mol. The van der Waals surface area contributed by atoms with E-state index in [1.165, 1.54) is 0 Å². The lowest BCUT2D eigenvalue weighted by Gasteiger charge is -2.03. The van der Waals surface area contributed by atoms with Crippen molar-refractivity contribution in [1.82, 2.24) is 4.57 Å². The van der Waals surface area contributed by atoms with Gasteiger partial charge < -0.3 is 10.3 Å². The highest BCUT2D eigenvalue weighted by Gasteiger charge is 1.93. The molecule has 1 aromatic heterocycles. The van der Waals surface area contributed by atoms with E-state index in [0.717, 1.165) is 11.3 Å². The van der Waals surface area contributed by atoms with Crippen LogP contribution in [0.4, 0.5) is 0 Å². The summed E-state index contributed by atoms with van der Waals surface area (Å²) in [6, 6.07) is 13.1. The fraction of sp³-hybridized carbons (Fsp3) is 0.0909. The minimum Gasteiger partial charge on any atom is -0.326 e. The molecular weight excluding hydrogens is 160 g/mol. The summed E-state index contributed by atoms with van der Waals surface area (Å²) in [7, 11) is 0. The van der Waals surface area contributed by atoms with E-state index >= 15 is 0 Å². The van der Waals surface area contributed by atoms with Crippen LogP contribution >= 0.6 is 0 Å². The smallest absolute Gasteiger partial charge is 0.0449 e. The lowest BCUT2D eigenvalue weighted by Crippen LogP contribution is -1.96. The minimum absolute atomic E-state index is 0.595. The SMILES string of the molecule is NCc1ccc(-n2c[c]cc2)cc1. The Morgan fingerprint density at radius 3 is 2.54 bits per heavy atom. The van der Waals surface area contributed by atoms with Gasteiger partial charge in [0.15, 0.2) is 0 Å². The molecule has 0 fully saturated rings. The molecule has 0 aliphatic heterocycles. The van der Waals surface area contributed by atoms with Crippen LogP contribution in [-0.4, -0.2) is 4.57 Å². The Morgan fingerprint density at radius 1 is 1.23 bits per heavy atom. The van der Waals surface area contributed by atoms with Gasteiger partial charge >= 0.3 is 0 Å². The molecule has 0 spiro atoms. The fourth-order valence-electron chi connectivity index (χ4n) is 1.25. The third kappa shape index (κ3) is 1.63. The molecule has 13 heavy (non-hydrogen) atoms. The second-order valence-corrected chi connectivity index (χ2v) is 2.89. The quantitative estimate of drug-likeness (QED) is 0.733. The molecule has 1 radical (unpaired) electrons. The molecule has 1 heterocycles. The van der Waals surface area contributed by atoms with E-state index in [1.807, 2.05) is 35.2 Å². The van der Waals surface area contributed by atoms with Crippen LogP contribution in [0, 0.1) is 6.07 Å². The van der Waals surface area contributed by atoms with Crippen molar-refractivity contribution >= 4 is 0 Å². The van der Waals surface area contributed by atoms with Crippen LogP contribution in [0.25, 0.3) is 5.69 Å². The van der Waals surface area contributed by atoms with Crippen molar-refractivity contribution in [2.24, 2.45) is 5.73 Å². The third-order valence-corrected chi connectivity index (χ3v) is 2.02. The monoisotopic (exact) mass is 171 g/mol. The summed E-state index contributed by atoms with van der Waals surface area (Å²) >= 11 is 0. The zero-order valence-corrected chi connectivity index (χ0v) is 7.27. The second-order valence-electron chi connectivity index (χ2n) is 2.89. The van der Waals surface area contributed by atoms with E-state index in [-0.39, 0.29) is 0 Å². The summed E-state index contributed by atoms with van der Waals surface area (Å²) in [6.45, 7) is 0.595. The zero-order valence-electron chi connectivity index (χ0n) is 7.27. The standard InChI is InChI=1S/C11H11N2/c12-9-10-3-5-11(6-4-10)13-7-1-2-8-13/h1,3-8H,9,12H2. The van der Waals surface area contributed by atoms with Crippen LogP contribution < -0.4 is 5.73 Å². The third-order valence-electron chi connectivity index (χ3n) is 2.02. The summed E-state index contributed by atoms with van der Waals surface area (Å²) < 4.78 is 2.01. The van der Waals surface area contributed by atoms with Gasteiger partial charge in [-0.05, 0) is 23.8 Å². The predicted molar refractivity (Wildman–Crippen MR) is 52.5 cm³/mol. The Bertz CT molecular complexity index is 359. The number of hydrogen-bond donors (Lipinski definition) is 1. The first kappa shape index (κ1) is 8.08. The Kier molecular flexibility index (Phi) is 2.15. The molecule has 2 N–H and O–H groups in total. The maximum atomic E-state index is 5.51. The van der Waals surface area contributed by atoms with Gasteiger partial charge in [0.25, 0.3) is 0 Å². The average Bonchev–Trinajstić information content (AvgIpc) is 2.71. The number of rotatable bonds is 2. The zero-order chi connectivity index (χ0) is 9.10. The lowest BCUT2D eigenvalue weighted by atomic mass is 10.2. The minimum atomic E-state index is 0.595. The van der Waals surface area contributed by atoms with Gasteiger partial charge in [-0.15, -0.1) is 0 Å². The van der Waals surface area contributed by atoms with E-state index in [1.54, 1.807) is 0 Å². The molecule has 2 aromatic rings. The number of nitrogens with zero attached hydrogens (tertiary/aromatic N) is 1. The van der Waals surface area contributed by atoms with Crippen molar-refractivity contribution in [1.29, 1.82) is 0 Å². The molecule has 1 aromatic carbocycles. The lowest BCUT2D eigenvalue weighted by molar-refractivity contribution is 1.04. The topological polar surface area (TPSA) is 30.9 Å². The molecule has 0 bridgehead atoms. The van der Waals surface area contributed by atoms with Gasteiger partial charge in [-0.2, -0.15) is 0 Å². The van der Waals surface area contributed by atoms with E-state index in [4.69, 9.17) is 5.73 Å². The molecule has 2 nitrogen and oxygen atoms in total. The molecule has 0 saturated heterocycles. The normalized spacial score (nSPS) is 10.2. The fourth-order valence-corrected chi connectivity index (χ4v) is 1.25. The van der Waals surface area contributed by atoms with Crippen LogP contribution in [0.2, 0.25) is 0 Å². The highest BCUT2D eigenvalue weighted by Crippen LogP contribution is 2.08. The summed E-state index contributed by atoms with van der Waals surface area (Å²) in [4.78, 5) is 0. The molecule has 0 amide bonds. The van der Waals surface area contributed by atoms with Crippen molar-refractivity contribution in [3.8, 4) is 5.69 Å². The highest BCUT2D eigenvalue weighted by molar-refractivity contribution is 5.34. The maximum Gasteiger partial charge on any atom is 0.0449 e. The maximum absolute atomic E-state index is 5.51. The number of nitrogens with two attached hydrogens (primary N) is 1. The van der Waals surface area contributed by atoms with E-state index < -0.39 is 0 Å². The molecule has 0 saturated carbocycles.